The first kappa shape index (κ1) is 42.8. The van der Waals surface area contributed by atoms with E-state index in [1.807, 2.05) is 66.7 Å². The molecule has 4 N–H and O–H groups in total. The summed E-state index contributed by atoms with van der Waals surface area (Å²) in [6, 6.07) is 10.7. The maximum absolute atomic E-state index is 12.2. The molecule has 2 aromatic heterocycles. The normalized spacial score (nSPS) is 15.3. The number of pyridine rings is 2. The molecule has 0 bridgehead atoms. The van der Waals surface area contributed by atoms with Gasteiger partial charge in [-0.15, -0.1) is 0 Å². The monoisotopic (exact) mass is 785 g/mol. The van der Waals surface area contributed by atoms with Gasteiger partial charge in [-0.1, -0.05) is 19.3 Å². The molecule has 3 heterocycles. The molecule has 0 unspecified atom stereocenters. The zero-order chi connectivity index (χ0) is 41.3. The number of ether oxygens (including phenoxy) is 5. The number of likely N-dealkylation sites (tertiary alicyclic amines) is 1. The highest BCUT2D eigenvalue weighted by molar-refractivity contribution is 6.02. The lowest BCUT2D eigenvalue weighted by molar-refractivity contribution is 0.0164. The van der Waals surface area contributed by atoms with Gasteiger partial charge in [0.1, 0.15) is 17.1 Å². The van der Waals surface area contributed by atoms with Crippen LogP contribution in [0.15, 0.2) is 48.8 Å². The van der Waals surface area contributed by atoms with Crippen LogP contribution in [0.1, 0.15) is 114 Å². The zero-order valence-electron chi connectivity index (χ0n) is 34.5. The number of fused-ring (bicyclic) bond motifs is 2. The number of carbonyl (C=O) groups is 3. The molecule has 2 aromatic carbocycles. The predicted molar refractivity (Wildman–Crippen MR) is 220 cm³/mol. The maximum Gasteiger partial charge on any atom is 0.410 e. The van der Waals surface area contributed by atoms with Gasteiger partial charge in [-0.05, 0) is 133 Å². The summed E-state index contributed by atoms with van der Waals surface area (Å²) in [7, 11) is 0. The molecule has 4 aromatic rings. The summed E-state index contributed by atoms with van der Waals surface area (Å²) in [6.07, 6.45) is 10.9. The molecule has 2 aliphatic rings. The van der Waals surface area contributed by atoms with Crippen LogP contribution in [0.3, 0.4) is 0 Å². The number of benzene rings is 2. The summed E-state index contributed by atoms with van der Waals surface area (Å²) in [4.78, 5) is 46.4. The Morgan fingerprint density at radius 3 is 1.54 bits per heavy atom. The van der Waals surface area contributed by atoms with Crippen LogP contribution in [0.5, 0.6) is 23.3 Å². The largest absolute Gasteiger partial charge is 0.490 e. The van der Waals surface area contributed by atoms with Gasteiger partial charge in [0, 0.05) is 36.3 Å². The minimum atomic E-state index is -0.543. The van der Waals surface area contributed by atoms with Crippen molar-refractivity contribution in [2.45, 2.75) is 111 Å². The Bertz CT molecular complexity index is 2010. The van der Waals surface area contributed by atoms with Crippen LogP contribution in [-0.4, -0.2) is 76.9 Å². The van der Waals surface area contributed by atoms with Gasteiger partial charge in [0.15, 0.2) is 0 Å². The number of rotatable bonds is 12. The minimum absolute atomic E-state index is 0.0566. The quantitative estimate of drug-likeness (QED) is 0.142. The average Bonchev–Trinajstić information content (AvgIpc) is 3.15. The van der Waals surface area contributed by atoms with Crippen molar-refractivity contribution < 1.29 is 38.1 Å². The third-order valence-corrected chi connectivity index (χ3v) is 9.81. The number of amides is 3. The molecule has 1 saturated carbocycles. The van der Waals surface area contributed by atoms with Gasteiger partial charge in [0.25, 0.3) is 11.8 Å². The number of primary amides is 2. The first-order valence-electron chi connectivity index (χ1n) is 20.1. The van der Waals surface area contributed by atoms with Crippen molar-refractivity contribution in [1.29, 1.82) is 0 Å². The first-order chi connectivity index (χ1) is 27.1. The molecular formula is C44H59N5O8. The van der Waals surface area contributed by atoms with E-state index in [0.717, 1.165) is 34.4 Å². The Morgan fingerprint density at radius 1 is 0.702 bits per heavy atom. The van der Waals surface area contributed by atoms with Gasteiger partial charge in [0.2, 0.25) is 11.8 Å². The van der Waals surface area contributed by atoms with Crippen LogP contribution in [0, 0.1) is 11.8 Å². The molecule has 3 amide bonds. The summed E-state index contributed by atoms with van der Waals surface area (Å²) >= 11 is 0. The second-order valence-electron chi connectivity index (χ2n) is 16.5. The number of piperidine rings is 1. The highest BCUT2D eigenvalue weighted by Crippen LogP contribution is 2.34. The highest BCUT2D eigenvalue weighted by atomic mass is 16.6. The van der Waals surface area contributed by atoms with E-state index in [4.69, 9.17) is 35.2 Å². The van der Waals surface area contributed by atoms with E-state index in [2.05, 4.69) is 9.97 Å². The van der Waals surface area contributed by atoms with Crippen molar-refractivity contribution in [2.75, 3.05) is 26.3 Å². The average molecular weight is 786 g/mol. The van der Waals surface area contributed by atoms with Crippen LogP contribution in [0.2, 0.25) is 0 Å². The van der Waals surface area contributed by atoms with Gasteiger partial charge in [-0.2, -0.15) is 0 Å². The molecule has 1 aliphatic carbocycles. The van der Waals surface area contributed by atoms with E-state index in [1.54, 1.807) is 35.5 Å². The van der Waals surface area contributed by atoms with Crippen molar-refractivity contribution in [1.82, 2.24) is 14.9 Å². The van der Waals surface area contributed by atoms with Crippen molar-refractivity contribution in [3.8, 4) is 23.3 Å². The molecule has 0 radical (unpaired) electrons. The Kier molecular flexibility index (Phi) is 14.4. The number of nitrogens with zero attached hydrogens (tertiary/aromatic N) is 3. The Labute approximate surface area is 335 Å². The van der Waals surface area contributed by atoms with Gasteiger partial charge >= 0.3 is 6.09 Å². The fourth-order valence-corrected chi connectivity index (χ4v) is 7.02. The predicted octanol–water partition coefficient (Wildman–Crippen LogP) is 8.23. The Morgan fingerprint density at radius 2 is 1.14 bits per heavy atom. The molecule has 13 heteroatoms. The minimum Gasteiger partial charge on any atom is -0.490 e. The number of hydrogen-bond donors (Lipinski definition) is 2. The van der Waals surface area contributed by atoms with Crippen LogP contribution in [-0.2, 0) is 4.74 Å². The van der Waals surface area contributed by atoms with Gasteiger partial charge in [0.05, 0.1) is 36.5 Å². The third kappa shape index (κ3) is 12.1. The molecular weight excluding hydrogens is 727 g/mol. The third-order valence-electron chi connectivity index (χ3n) is 9.81. The maximum atomic E-state index is 12.2. The number of aromatic nitrogens is 2. The lowest BCUT2D eigenvalue weighted by Gasteiger charge is -2.33. The summed E-state index contributed by atoms with van der Waals surface area (Å²) < 4.78 is 29.1. The zero-order valence-corrected chi connectivity index (χ0v) is 34.5. The summed E-state index contributed by atoms with van der Waals surface area (Å²) in [5.74, 6) is 1.84. The van der Waals surface area contributed by atoms with E-state index in [1.165, 1.54) is 32.1 Å². The van der Waals surface area contributed by atoms with Crippen molar-refractivity contribution in [2.24, 2.45) is 23.3 Å². The summed E-state index contributed by atoms with van der Waals surface area (Å²) in [6.45, 7) is 15.7. The Balaban J connectivity index is 0.000000224. The molecule has 308 valence electrons. The first-order valence-corrected chi connectivity index (χ1v) is 20.1. The van der Waals surface area contributed by atoms with Gasteiger partial charge < -0.3 is 40.1 Å². The molecule has 57 heavy (non-hydrogen) atoms. The highest BCUT2D eigenvalue weighted by Gasteiger charge is 2.27. The van der Waals surface area contributed by atoms with Crippen molar-refractivity contribution in [3.63, 3.8) is 0 Å². The Hall–Kier alpha value is -5.33. The second kappa shape index (κ2) is 19.2. The second-order valence-corrected chi connectivity index (χ2v) is 16.5. The molecule has 13 nitrogen and oxygen atoms in total. The van der Waals surface area contributed by atoms with Crippen LogP contribution >= 0.6 is 0 Å². The van der Waals surface area contributed by atoms with Crippen LogP contribution in [0.25, 0.3) is 21.5 Å². The standard InChI is InChI=1S/C24H33N3O5.C20H26N2O3/c1-15(2)31-20-13-18-17(12-19(20)21(25)28)6-9-26-22(18)30-14-16-7-10-27(11-8-16)23(29)32-24(3,4)5;1-13(2)25-18-11-16-15(10-17(18)19(21)23)8-9-22-20(16)24-12-14-6-4-3-5-7-14/h6,9,12-13,15-16H,7-8,10-11,14H2,1-5H3,(H2,25,28);8-11,13-14H,3-7,12H2,1-2H3,(H2,21,23). The molecule has 0 spiro atoms. The fourth-order valence-electron chi connectivity index (χ4n) is 7.02. The molecule has 0 atom stereocenters. The lowest BCUT2D eigenvalue weighted by atomic mass is 9.90. The van der Waals surface area contributed by atoms with E-state index in [0.29, 0.717) is 72.5 Å². The van der Waals surface area contributed by atoms with Crippen LogP contribution < -0.4 is 30.4 Å². The topological polar surface area (TPSA) is 178 Å². The summed E-state index contributed by atoms with van der Waals surface area (Å²) in [5.41, 5.74) is 11.3. The van der Waals surface area contributed by atoms with Crippen molar-refractivity contribution >= 4 is 39.5 Å². The van der Waals surface area contributed by atoms with E-state index >= 15 is 0 Å². The number of hydrogen-bond acceptors (Lipinski definition) is 10. The summed E-state index contributed by atoms with van der Waals surface area (Å²) in [5, 5.41) is 3.29. The SMILES string of the molecule is CC(C)Oc1cc2c(OCC3CCCCC3)nccc2cc1C(N)=O.CC(C)Oc1cc2c(OCC3CCN(C(=O)OC(C)(C)C)CC3)nccc2cc1C(N)=O. The van der Waals surface area contributed by atoms with Gasteiger partial charge in [-0.3, -0.25) is 9.59 Å². The number of carbonyl (C=O) groups excluding carboxylic acids is 3. The number of nitrogens with two attached hydrogens (primary N) is 2. The van der Waals surface area contributed by atoms with Crippen molar-refractivity contribution in [3.05, 3.63) is 59.9 Å². The smallest absolute Gasteiger partial charge is 0.410 e. The van der Waals surface area contributed by atoms with E-state index < -0.39 is 17.4 Å². The molecule has 6 rings (SSSR count). The van der Waals surface area contributed by atoms with E-state index in [9.17, 15) is 14.4 Å². The van der Waals surface area contributed by atoms with Gasteiger partial charge in [-0.25, -0.2) is 14.8 Å². The van der Waals surface area contributed by atoms with Crippen LogP contribution in [0.4, 0.5) is 4.79 Å². The molecule has 1 saturated heterocycles. The molecule has 2 fully saturated rings. The lowest BCUT2D eigenvalue weighted by Crippen LogP contribution is -2.42. The fraction of sp³-hybridized carbons (Fsp3) is 0.523. The van der Waals surface area contributed by atoms with E-state index in [-0.39, 0.29) is 18.3 Å². The molecule has 1 aliphatic heterocycles.